The molecule has 2 atom stereocenters. The van der Waals surface area contributed by atoms with Crippen LogP contribution in [0.1, 0.15) is 24.2 Å². The van der Waals surface area contributed by atoms with Gasteiger partial charge in [-0.2, -0.15) is 0 Å². The Morgan fingerprint density at radius 3 is 2.82 bits per heavy atom. The Kier molecular flexibility index (Phi) is 5.39. The molecule has 2 heterocycles. The first-order valence-electron chi connectivity index (χ1n) is 9.69. The molecule has 4 rings (SSSR count). The third-order valence-electron chi connectivity index (χ3n) is 5.61. The lowest BCUT2D eigenvalue weighted by atomic mass is 9.81. The molecular weight excluding hydrogens is 357 g/mol. The largest absolute Gasteiger partial charge is 0.481 e. The first-order chi connectivity index (χ1) is 13.6. The Labute approximate surface area is 163 Å². The predicted octanol–water partition coefficient (Wildman–Crippen LogP) is 3.86. The number of nitrogens with one attached hydrogen (secondary N) is 1. The van der Waals surface area contributed by atoms with E-state index in [1.807, 2.05) is 18.2 Å². The first-order valence-corrected chi connectivity index (χ1v) is 9.69. The van der Waals surface area contributed by atoms with Gasteiger partial charge in [0.25, 0.3) is 0 Å². The summed E-state index contributed by atoms with van der Waals surface area (Å²) in [5.41, 5.74) is 2.68. The van der Waals surface area contributed by atoms with E-state index < -0.39 is 5.97 Å². The van der Waals surface area contributed by atoms with Crippen molar-refractivity contribution in [2.75, 3.05) is 13.1 Å². The van der Waals surface area contributed by atoms with Gasteiger partial charge >= 0.3 is 5.97 Å². The van der Waals surface area contributed by atoms with Crippen molar-refractivity contribution in [3.05, 3.63) is 65.7 Å². The van der Waals surface area contributed by atoms with Crippen molar-refractivity contribution in [2.24, 2.45) is 11.8 Å². The lowest BCUT2D eigenvalue weighted by molar-refractivity contribution is -0.139. The summed E-state index contributed by atoms with van der Waals surface area (Å²) < 4.78 is 13.4. The van der Waals surface area contributed by atoms with E-state index >= 15 is 0 Å². The van der Waals surface area contributed by atoms with Crippen molar-refractivity contribution in [2.45, 2.75) is 25.8 Å². The lowest BCUT2D eigenvalue weighted by Gasteiger charge is -2.38. The Morgan fingerprint density at radius 2 is 2.04 bits per heavy atom. The summed E-state index contributed by atoms with van der Waals surface area (Å²) in [6.07, 6.45) is 1.71. The zero-order valence-electron chi connectivity index (χ0n) is 15.6. The summed E-state index contributed by atoms with van der Waals surface area (Å²) in [6.45, 7) is 2.59. The number of fused-ring (bicyclic) bond motifs is 1. The van der Waals surface area contributed by atoms with Crippen LogP contribution in [0.4, 0.5) is 4.39 Å². The number of hydrogen-bond acceptors (Lipinski definition) is 3. The maximum absolute atomic E-state index is 13.4. The van der Waals surface area contributed by atoms with E-state index in [9.17, 15) is 14.3 Å². The second kappa shape index (κ2) is 8.10. The number of halogens is 1. The number of hydrogen-bond donors (Lipinski definition) is 2. The molecule has 0 aliphatic carbocycles. The molecule has 5 nitrogen and oxygen atoms in total. The van der Waals surface area contributed by atoms with Gasteiger partial charge in [-0.15, -0.1) is 0 Å². The number of carboxylic acids is 1. The molecule has 1 aromatic heterocycles. The molecule has 0 bridgehead atoms. The second-order valence-electron chi connectivity index (χ2n) is 7.68. The molecule has 2 N–H and O–H groups in total. The van der Waals surface area contributed by atoms with Crippen molar-refractivity contribution in [3.8, 4) is 0 Å². The van der Waals surface area contributed by atoms with Crippen molar-refractivity contribution in [1.82, 2.24) is 14.9 Å². The monoisotopic (exact) mass is 381 g/mol. The molecule has 0 radical (unpaired) electrons. The smallest absolute Gasteiger partial charge is 0.303 e. The molecule has 0 saturated carbocycles. The highest BCUT2D eigenvalue weighted by molar-refractivity contribution is 5.74. The van der Waals surface area contributed by atoms with Crippen LogP contribution in [0.25, 0.3) is 11.0 Å². The zero-order chi connectivity index (χ0) is 19.5. The molecule has 1 aliphatic heterocycles. The minimum absolute atomic E-state index is 0.120. The molecule has 2 unspecified atom stereocenters. The number of aromatic amines is 1. The van der Waals surface area contributed by atoms with Gasteiger partial charge in [0.05, 0.1) is 11.0 Å². The number of H-pyrrole nitrogens is 1. The molecule has 3 aromatic rings. The summed E-state index contributed by atoms with van der Waals surface area (Å²) >= 11 is 0. The molecule has 1 fully saturated rings. The number of carboxylic acid groups (broad SMARTS) is 1. The normalized spacial score (nSPS) is 20.5. The second-order valence-corrected chi connectivity index (χ2v) is 7.68. The number of carbonyl (C=O) groups is 1. The van der Waals surface area contributed by atoms with E-state index in [1.54, 1.807) is 6.07 Å². The number of aliphatic carboxylic acids is 1. The zero-order valence-corrected chi connectivity index (χ0v) is 15.6. The third-order valence-corrected chi connectivity index (χ3v) is 5.61. The number of benzene rings is 2. The molecule has 0 amide bonds. The fraction of sp³-hybridized carbons (Fsp3) is 0.364. The number of nitrogens with zero attached hydrogens (tertiary/aromatic N) is 2. The predicted molar refractivity (Wildman–Crippen MR) is 105 cm³/mol. The highest BCUT2D eigenvalue weighted by atomic mass is 19.1. The van der Waals surface area contributed by atoms with Gasteiger partial charge in [-0.3, -0.25) is 9.69 Å². The van der Waals surface area contributed by atoms with Crippen molar-refractivity contribution < 1.29 is 14.3 Å². The van der Waals surface area contributed by atoms with E-state index in [0.717, 1.165) is 37.4 Å². The molecule has 146 valence electrons. The standard InChI is InChI=1S/C22H24FN3O2/c23-18-6-7-19-20(12-18)25-21(24-19)10-17-14-26(9-8-16(17)11-22(27)28)13-15-4-2-1-3-5-15/h1-7,12,16-17H,8-11,13-14H2,(H,24,25)(H,27,28). The minimum atomic E-state index is -0.752. The highest BCUT2D eigenvalue weighted by Gasteiger charge is 2.31. The molecule has 0 spiro atoms. The minimum Gasteiger partial charge on any atom is -0.481 e. The molecule has 1 saturated heterocycles. The van der Waals surface area contributed by atoms with E-state index in [2.05, 4.69) is 27.0 Å². The quantitative estimate of drug-likeness (QED) is 0.680. The van der Waals surface area contributed by atoms with Gasteiger partial charge in [-0.05, 0) is 48.6 Å². The van der Waals surface area contributed by atoms with Crippen LogP contribution in [0.2, 0.25) is 0 Å². The summed E-state index contributed by atoms with van der Waals surface area (Å²) in [4.78, 5) is 21.5. The van der Waals surface area contributed by atoms with Crippen LogP contribution in [-0.2, 0) is 17.8 Å². The summed E-state index contributed by atoms with van der Waals surface area (Å²) in [6, 6.07) is 14.8. The van der Waals surface area contributed by atoms with Gasteiger partial charge in [0, 0.05) is 25.9 Å². The van der Waals surface area contributed by atoms with Gasteiger partial charge in [0.2, 0.25) is 0 Å². The SMILES string of the molecule is O=C(O)CC1CCN(Cc2ccccc2)CC1Cc1nc2ccc(F)cc2[nH]1. The topological polar surface area (TPSA) is 69.2 Å². The third kappa shape index (κ3) is 4.39. The molecular formula is C22H24FN3O2. The molecule has 28 heavy (non-hydrogen) atoms. The average molecular weight is 381 g/mol. The first kappa shape index (κ1) is 18.6. The number of piperidine rings is 1. The average Bonchev–Trinajstić information content (AvgIpc) is 3.06. The van der Waals surface area contributed by atoms with Crippen LogP contribution in [-0.4, -0.2) is 39.0 Å². The maximum atomic E-state index is 13.4. The van der Waals surface area contributed by atoms with Crippen molar-refractivity contribution in [1.29, 1.82) is 0 Å². The van der Waals surface area contributed by atoms with Gasteiger partial charge < -0.3 is 10.1 Å². The van der Waals surface area contributed by atoms with Gasteiger partial charge in [0.15, 0.2) is 0 Å². The molecule has 1 aliphatic rings. The van der Waals surface area contributed by atoms with E-state index in [0.29, 0.717) is 11.9 Å². The summed E-state index contributed by atoms with van der Waals surface area (Å²) in [5.74, 6) is 0.0623. The number of aromatic nitrogens is 2. The van der Waals surface area contributed by atoms with E-state index in [4.69, 9.17) is 0 Å². The van der Waals surface area contributed by atoms with Crippen molar-refractivity contribution in [3.63, 3.8) is 0 Å². The van der Waals surface area contributed by atoms with Gasteiger partial charge in [0.1, 0.15) is 11.6 Å². The van der Waals surface area contributed by atoms with E-state index in [-0.39, 0.29) is 24.1 Å². The number of imidazole rings is 1. The molecule has 2 aromatic carbocycles. The van der Waals surface area contributed by atoms with Crippen LogP contribution in [0, 0.1) is 17.7 Å². The number of likely N-dealkylation sites (tertiary alicyclic amines) is 1. The van der Waals surface area contributed by atoms with Crippen LogP contribution < -0.4 is 0 Å². The van der Waals surface area contributed by atoms with Crippen molar-refractivity contribution >= 4 is 17.0 Å². The Bertz CT molecular complexity index is 957. The van der Waals surface area contributed by atoms with E-state index in [1.165, 1.54) is 17.7 Å². The van der Waals surface area contributed by atoms with Crippen LogP contribution in [0.15, 0.2) is 48.5 Å². The van der Waals surface area contributed by atoms with Crippen LogP contribution >= 0.6 is 0 Å². The highest BCUT2D eigenvalue weighted by Crippen LogP contribution is 2.30. The van der Waals surface area contributed by atoms with Gasteiger partial charge in [-0.25, -0.2) is 9.37 Å². The summed E-state index contributed by atoms with van der Waals surface area (Å²) in [7, 11) is 0. The van der Waals surface area contributed by atoms with Crippen LogP contribution in [0.5, 0.6) is 0 Å². The Morgan fingerprint density at radius 1 is 1.21 bits per heavy atom. The van der Waals surface area contributed by atoms with Crippen LogP contribution in [0.3, 0.4) is 0 Å². The fourth-order valence-electron chi connectivity index (χ4n) is 4.25. The maximum Gasteiger partial charge on any atom is 0.303 e. The molecule has 6 heteroatoms. The van der Waals surface area contributed by atoms with Gasteiger partial charge in [-0.1, -0.05) is 30.3 Å². The number of rotatable bonds is 6. The Balaban J connectivity index is 1.51. The fourth-order valence-corrected chi connectivity index (χ4v) is 4.25. The Hall–Kier alpha value is -2.73. The lowest BCUT2D eigenvalue weighted by Crippen LogP contribution is -2.41. The summed E-state index contributed by atoms with van der Waals surface area (Å²) in [5, 5.41) is 9.32.